The van der Waals surface area contributed by atoms with Crippen molar-refractivity contribution in [2.75, 3.05) is 45.0 Å². The van der Waals surface area contributed by atoms with Crippen LogP contribution in [0.4, 0.5) is 0 Å². The molecular formula is C19H23N3O2S2. The molecule has 1 N–H and O–H groups in total. The van der Waals surface area contributed by atoms with Crippen LogP contribution in [0.3, 0.4) is 0 Å². The summed E-state index contributed by atoms with van der Waals surface area (Å²) in [5, 5.41) is 4.90. The van der Waals surface area contributed by atoms with Gasteiger partial charge in [-0.05, 0) is 23.6 Å². The van der Waals surface area contributed by atoms with Crippen LogP contribution in [0.2, 0.25) is 0 Å². The molecule has 0 saturated carbocycles. The van der Waals surface area contributed by atoms with Crippen molar-refractivity contribution in [2.24, 2.45) is 0 Å². The maximum Gasteiger partial charge on any atom is 0.264 e. The van der Waals surface area contributed by atoms with Crippen LogP contribution in [0.5, 0.6) is 0 Å². The van der Waals surface area contributed by atoms with Crippen LogP contribution in [0.1, 0.15) is 9.67 Å². The second-order valence-corrected chi connectivity index (χ2v) is 8.17. The Morgan fingerprint density at radius 3 is 2.50 bits per heavy atom. The van der Waals surface area contributed by atoms with E-state index < -0.39 is 0 Å². The number of thiophene rings is 1. The van der Waals surface area contributed by atoms with Gasteiger partial charge in [0.15, 0.2) is 0 Å². The molecule has 0 spiro atoms. The number of thioether (sulfide) groups is 1. The number of hydrogen-bond acceptors (Lipinski definition) is 5. The lowest BCUT2D eigenvalue weighted by Gasteiger charge is -2.34. The van der Waals surface area contributed by atoms with Crippen LogP contribution >= 0.6 is 23.1 Å². The van der Waals surface area contributed by atoms with E-state index in [1.165, 1.54) is 16.2 Å². The van der Waals surface area contributed by atoms with Gasteiger partial charge in [0.1, 0.15) is 0 Å². The number of hydrogen-bond donors (Lipinski definition) is 1. The van der Waals surface area contributed by atoms with E-state index in [2.05, 4.69) is 22.3 Å². The van der Waals surface area contributed by atoms with Gasteiger partial charge in [-0.2, -0.15) is 0 Å². The van der Waals surface area contributed by atoms with Gasteiger partial charge in [0, 0.05) is 43.4 Å². The highest BCUT2D eigenvalue weighted by atomic mass is 32.2. The van der Waals surface area contributed by atoms with Gasteiger partial charge in [-0.3, -0.25) is 14.5 Å². The number of nitrogens with zero attached hydrogens (tertiary/aromatic N) is 2. The quantitative estimate of drug-likeness (QED) is 0.584. The van der Waals surface area contributed by atoms with Gasteiger partial charge in [0.05, 0.1) is 11.4 Å². The van der Waals surface area contributed by atoms with Crippen LogP contribution in [0.25, 0.3) is 0 Å². The zero-order valence-electron chi connectivity index (χ0n) is 14.6. The molecule has 1 aromatic heterocycles. The third-order valence-electron chi connectivity index (χ3n) is 4.19. The number of rotatable bonds is 7. The minimum atomic E-state index is 0.0525. The molecule has 1 aliphatic heterocycles. The van der Waals surface area contributed by atoms with Crippen molar-refractivity contribution in [3.8, 4) is 0 Å². The Morgan fingerprint density at radius 2 is 1.81 bits per heavy atom. The molecule has 1 aromatic carbocycles. The number of amides is 2. The summed E-state index contributed by atoms with van der Waals surface area (Å²) < 4.78 is 0. The lowest BCUT2D eigenvalue weighted by Crippen LogP contribution is -2.51. The molecule has 26 heavy (non-hydrogen) atoms. The molecule has 1 aliphatic rings. The van der Waals surface area contributed by atoms with Gasteiger partial charge >= 0.3 is 0 Å². The van der Waals surface area contributed by atoms with E-state index in [0.717, 1.165) is 23.7 Å². The fourth-order valence-corrected chi connectivity index (χ4v) is 4.28. The van der Waals surface area contributed by atoms with Crippen molar-refractivity contribution in [1.82, 2.24) is 15.1 Å². The normalized spacial score (nSPS) is 15.0. The lowest BCUT2D eigenvalue weighted by molar-refractivity contribution is -0.122. The molecule has 5 nitrogen and oxygen atoms in total. The summed E-state index contributed by atoms with van der Waals surface area (Å²) in [5.74, 6) is 1.01. The zero-order valence-corrected chi connectivity index (χ0v) is 16.2. The van der Waals surface area contributed by atoms with E-state index in [0.29, 0.717) is 26.2 Å². The fraction of sp³-hybridized carbons (Fsp3) is 0.368. The van der Waals surface area contributed by atoms with E-state index in [1.54, 1.807) is 11.8 Å². The summed E-state index contributed by atoms with van der Waals surface area (Å²) in [7, 11) is 0. The molecule has 0 radical (unpaired) electrons. The predicted octanol–water partition coefficient (Wildman–Crippen LogP) is 2.41. The molecule has 0 aliphatic carbocycles. The van der Waals surface area contributed by atoms with Gasteiger partial charge in [-0.15, -0.1) is 23.1 Å². The lowest BCUT2D eigenvalue weighted by atomic mass is 10.3. The van der Waals surface area contributed by atoms with Crippen molar-refractivity contribution >= 4 is 34.9 Å². The molecule has 1 saturated heterocycles. The van der Waals surface area contributed by atoms with E-state index in [4.69, 9.17) is 0 Å². The minimum absolute atomic E-state index is 0.0525. The van der Waals surface area contributed by atoms with Crippen LogP contribution in [-0.4, -0.2) is 66.6 Å². The first-order valence-electron chi connectivity index (χ1n) is 8.72. The second-order valence-electron chi connectivity index (χ2n) is 6.06. The summed E-state index contributed by atoms with van der Waals surface area (Å²) in [6, 6.07) is 13.9. The maximum atomic E-state index is 12.3. The van der Waals surface area contributed by atoms with Crippen LogP contribution in [0, 0.1) is 0 Å². The van der Waals surface area contributed by atoms with E-state index >= 15 is 0 Å². The molecule has 3 rings (SSSR count). The first-order chi connectivity index (χ1) is 12.7. The summed E-state index contributed by atoms with van der Waals surface area (Å²) in [5.41, 5.74) is 0. The molecule has 138 valence electrons. The molecule has 2 amide bonds. The summed E-state index contributed by atoms with van der Waals surface area (Å²) >= 11 is 3.21. The van der Waals surface area contributed by atoms with Crippen molar-refractivity contribution < 1.29 is 9.59 Å². The standard InChI is InChI=1S/C19H23N3O2S2/c23-18(20-8-14-25-16-5-2-1-3-6-16)15-21-9-11-22(12-10-21)19(24)17-7-4-13-26-17/h1-7,13H,8-12,14-15H2,(H,20,23). The highest BCUT2D eigenvalue weighted by molar-refractivity contribution is 7.99. The maximum absolute atomic E-state index is 12.3. The Morgan fingerprint density at radius 1 is 1.04 bits per heavy atom. The highest BCUT2D eigenvalue weighted by Gasteiger charge is 2.23. The molecule has 2 heterocycles. The largest absolute Gasteiger partial charge is 0.354 e. The van der Waals surface area contributed by atoms with Crippen LogP contribution in [0.15, 0.2) is 52.7 Å². The summed E-state index contributed by atoms with van der Waals surface area (Å²) in [6.07, 6.45) is 0. The summed E-state index contributed by atoms with van der Waals surface area (Å²) in [6.45, 7) is 3.89. The number of carbonyl (C=O) groups excluding carboxylic acids is 2. The molecule has 0 atom stereocenters. The van der Waals surface area contributed by atoms with E-state index in [-0.39, 0.29) is 11.8 Å². The van der Waals surface area contributed by atoms with Crippen molar-refractivity contribution in [3.63, 3.8) is 0 Å². The Balaban J connectivity index is 1.31. The SMILES string of the molecule is O=C(CN1CCN(C(=O)c2cccs2)CC1)NCCSc1ccccc1. The number of carbonyl (C=O) groups is 2. The zero-order chi connectivity index (χ0) is 18.2. The highest BCUT2D eigenvalue weighted by Crippen LogP contribution is 2.16. The summed E-state index contributed by atoms with van der Waals surface area (Å²) in [4.78, 5) is 30.4. The van der Waals surface area contributed by atoms with Gasteiger partial charge in [-0.25, -0.2) is 0 Å². The Labute approximate surface area is 162 Å². The van der Waals surface area contributed by atoms with E-state index in [9.17, 15) is 9.59 Å². The second kappa shape index (κ2) is 9.75. The molecule has 7 heteroatoms. The number of nitrogens with one attached hydrogen (secondary N) is 1. The van der Waals surface area contributed by atoms with Gasteiger partial charge in [-0.1, -0.05) is 24.3 Å². The molecule has 0 bridgehead atoms. The van der Waals surface area contributed by atoms with Crippen LogP contribution in [-0.2, 0) is 4.79 Å². The number of benzene rings is 1. The van der Waals surface area contributed by atoms with Crippen LogP contribution < -0.4 is 5.32 Å². The topological polar surface area (TPSA) is 52.7 Å². The molecular weight excluding hydrogens is 366 g/mol. The number of piperazine rings is 1. The monoisotopic (exact) mass is 389 g/mol. The molecule has 0 unspecified atom stereocenters. The van der Waals surface area contributed by atoms with Crippen molar-refractivity contribution in [2.45, 2.75) is 4.90 Å². The molecule has 2 aromatic rings. The Kier molecular flexibility index (Phi) is 7.11. The van der Waals surface area contributed by atoms with Gasteiger partial charge in [0.25, 0.3) is 5.91 Å². The van der Waals surface area contributed by atoms with Crippen molar-refractivity contribution in [1.29, 1.82) is 0 Å². The Hall–Kier alpha value is -1.83. The average molecular weight is 390 g/mol. The smallest absolute Gasteiger partial charge is 0.264 e. The fourth-order valence-electron chi connectivity index (χ4n) is 2.80. The Bertz CT molecular complexity index is 699. The molecule has 1 fully saturated rings. The third kappa shape index (κ3) is 5.59. The van der Waals surface area contributed by atoms with Crippen molar-refractivity contribution in [3.05, 3.63) is 52.7 Å². The predicted molar refractivity (Wildman–Crippen MR) is 107 cm³/mol. The minimum Gasteiger partial charge on any atom is -0.354 e. The van der Waals surface area contributed by atoms with Gasteiger partial charge in [0.2, 0.25) is 5.91 Å². The van der Waals surface area contributed by atoms with Gasteiger partial charge < -0.3 is 10.2 Å². The van der Waals surface area contributed by atoms with E-state index in [1.807, 2.05) is 40.6 Å². The third-order valence-corrected chi connectivity index (χ3v) is 6.07. The average Bonchev–Trinajstić information content (AvgIpc) is 3.21. The first-order valence-corrected chi connectivity index (χ1v) is 10.6. The first kappa shape index (κ1) is 18.9.